The van der Waals surface area contributed by atoms with E-state index in [4.69, 9.17) is 9.47 Å². The summed E-state index contributed by atoms with van der Waals surface area (Å²) < 4.78 is 39.4. The van der Waals surface area contributed by atoms with Crippen molar-refractivity contribution in [2.45, 2.75) is 69.6 Å². The van der Waals surface area contributed by atoms with Gasteiger partial charge in [-0.25, -0.2) is 13.1 Å². The molecule has 0 amide bonds. The third-order valence-electron chi connectivity index (χ3n) is 6.64. The molecule has 3 atom stereocenters. The zero-order valence-corrected chi connectivity index (χ0v) is 18.9. The van der Waals surface area contributed by atoms with Crippen LogP contribution < -0.4 is 9.46 Å². The lowest BCUT2D eigenvalue weighted by molar-refractivity contribution is -0.0230. The van der Waals surface area contributed by atoms with Crippen LogP contribution in [0.15, 0.2) is 24.3 Å². The highest BCUT2D eigenvalue weighted by molar-refractivity contribution is 7.88. The Labute approximate surface area is 181 Å². The van der Waals surface area contributed by atoms with Crippen molar-refractivity contribution in [3.8, 4) is 5.75 Å². The third-order valence-corrected chi connectivity index (χ3v) is 7.37. The van der Waals surface area contributed by atoms with E-state index in [1.807, 2.05) is 6.07 Å². The zero-order chi connectivity index (χ0) is 21.0. The summed E-state index contributed by atoms with van der Waals surface area (Å²) in [6.07, 6.45) is 10.3. The van der Waals surface area contributed by atoms with E-state index in [1.165, 1.54) is 24.7 Å². The number of fused-ring (bicyclic) bond motifs is 2. The fourth-order valence-corrected chi connectivity index (χ4v) is 5.74. The third kappa shape index (κ3) is 6.42. The molecule has 2 aliphatic heterocycles. The van der Waals surface area contributed by atoms with Gasteiger partial charge in [0.15, 0.2) is 0 Å². The molecular weight excluding hydrogens is 400 g/mol. The van der Waals surface area contributed by atoms with Crippen LogP contribution in [0.3, 0.4) is 0 Å². The molecule has 0 aromatic heterocycles. The zero-order valence-electron chi connectivity index (χ0n) is 18.1. The number of sulfonamides is 1. The number of para-hydroxylation sites is 1. The molecule has 4 rings (SSSR count). The number of nitrogens with zero attached hydrogens (tertiary/aromatic N) is 1. The van der Waals surface area contributed by atoms with Gasteiger partial charge in [-0.2, -0.15) is 0 Å². The predicted molar refractivity (Wildman–Crippen MR) is 118 cm³/mol. The molecule has 6 nitrogen and oxygen atoms in total. The Morgan fingerprint density at radius 3 is 2.73 bits per heavy atom. The Hall–Kier alpha value is -1.15. The van der Waals surface area contributed by atoms with Crippen LogP contribution in [0, 0.1) is 5.92 Å². The largest absolute Gasteiger partial charge is 0.492 e. The molecule has 1 saturated heterocycles. The van der Waals surface area contributed by atoms with Gasteiger partial charge in [0, 0.05) is 18.6 Å². The highest BCUT2D eigenvalue weighted by Gasteiger charge is 2.34. The number of hydrogen-bond donors (Lipinski definition) is 1. The van der Waals surface area contributed by atoms with E-state index >= 15 is 0 Å². The van der Waals surface area contributed by atoms with Crippen molar-refractivity contribution in [3.63, 3.8) is 0 Å². The first-order valence-electron chi connectivity index (χ1n) is 11.5. The smallest absolute Gasteiger partial charge is 0.209 e. The van der Waals surface area contributed by atoms with Gasteiger partial charge in [0.05, 0.1) is 19.0 Å². The molecule has 1 N–H and O–H groups in total. The van der Waals surface area contributed by atoms with Crippen LogP contribution in [-0.2, 0) is 21.2 Å². The molecule has 0 bridgehead atoms. The Kier molecular flexibility index (Phi) is 7.34. The molecule has 30 heavy (non-hydrogen) atoms. The summed E-state index contributed by atoms with van der Waals surface area (Å²) in [5, 5.41) is 0. The average Bonchev–Trinajstić information content (AvgIpc) is 3.50. The van der Waals surface area contributed by atoms with Gasteiger partial charge in [-0.15, -0.1) is 0 Å². The highest BCUT2D eigenvalue weighted by Crippen LogP contribution is 2.36. The van der Waals surface area contributed by atoms with Crippen LogP contribution >= 0.6 is 0 Å². The summed E-state index contributed by atoms with van der Waals surface area (Å²) >= 11 is 0. The number of aryl methyl sites for hydroxylation is 1. The number of hydrogen-bond acceptors (Lipinski definition) is 5. The number of nitrogens with one attached hydrogen (secondary N) is 1. The van der Waals surface area contributed by atoms with E-state index in [1.54, 1.807) is 0 Å². The minimum atomic E-state index is -3.26. The Morgan fingerprint density at radius 2 is 1.93 bits per heavy atom. The molecule has 3 aliphatic rings. The van der Waals surface area contributed by atoms with Crippen molar-refractivity contribution in [3.05, 3.63) is 29.8 Å². The van der Waals surface area contributed by atoms with Crippen molar-refractivity contribution in [2.24, 2.45) is 5.92 Å². The molecule has 1 saturated carbocycles. The molecule has 0 spiro atoms. The highest BCUT2D eigenvalue weighted by atomic mass is 32.2. The molecular formula is C23H36N2O4S. The molecule has 0 radical (unpaired) electrons. The Balaban J connectivity index is 1.52. The second-order valence-corrected chi connectivity index (χ2v) is 11.0. The van der Waals surface area contributed by atoms with Crippen LogP contribution in [0.4, 0.5) is 0 Å². The van der Waals surface area contributed by atoms with Crippen LogP contribution in [-0.4, -0.2) is 64.1 Å². The van der Waals surface area contributed by atoms with Gasteiger partial charge in [-0.3, -0.25) is 4.90 Å². The van der Waals surface area contributed by atoms with Crippen molar-refractivity contribution in [2.75, 3.05) is 32.6 Å². The van der Waals surface area contributed by atoms with Gasteiger partial charge >= 0.3 is 0 Å². The number of benzene rings is 1. The summed E-state index contributed by atoms with van der Waals surface area (Å²) in [6, 6.07) is 8.30. The van der Waals surface area contributed by atoms with Crippen LogP contribution in [0.5, 0.6) is 5.75 Å². The lowest BCUT2D eigenvalue weighted by Crippen LogP contribution is -2.58. The lowest BCUT2D eigenvalue weighted by Gasteiger charge is -2.41. The van der Waals surface area contributed by atoms with Crippen molar-refractivity contribution >= 4 is 10.0 Å². The maximum atomic E-state index is 12.0. The monoisotopic (exact) mass is 436 g/mol. The molecule has 1 aromatic carbocycles. The average molecular weight is 437 g/mol. The van der Waals surface area contributed by atoms with E-state index in [0.29, 0.717) is 13.2 Å². The van der Waals surface area contributed by atoms with Gasteiger partial charge < -0.3 is 9.47 Å². The summed E-state index contributed by atoms with van der Waals surface area (Å²) in [7, 11) is -3.26. The van der Waals surface area contributed by atoms with E-state index < -0.39 is 10.0 Å². The molecule has 168 valence electrons. The molecule has 1 aromatic rings. The van der Waals surface area contributed by atoms with E-state index in [-0.39, 0.29) is 18.2 Å². The number of piperidine rings is 1. The van der Waals surface area contributed by atoms with E-state index in [0.717, 1.165) is 63.3 Å². The molecule has 1 aliphatic carbocycles. The van der Waals surface area contributed by atoms with Crippen molar-refractivity contribution in [1.29, 1.82) is 0 Å². The normalized spacial score (nSPS) is 29.4. The maximum Gasteiger partial charge on any atom is 0.209 e. The van der Waals surface area contributed by atoms with Gasteiger partial charge in [-0.1, -0.05) is 31.0 Å². The summed E-state index contributed by atoms with van der Waals surface area (Å²) in [5.41, 5.74) is 1.27. The summed E-state index contributed by atoms with van der Waals surface area (Å²) in [5.74, 6) is 1.80. The molecule has 2 heterocycles. The summed E-state index contributed by atoms with van der Waals surface area (Å²) in [4.78, 5) is 2.36. The molecule has 1 unspecified atom stereocenters. The first-order valence-corrected chi connectivity index (χ1v) is 13.4. The summed E-state index contributed by atoms with van der Waals surface area (Å²) in [6.45, 7) is 2.91. The Morgan fingerprint density at radius 1 is 1.10 bits per heavy atom. The quantitative estimate of drug-likeness (QED) is 0.786. The number of rotatable bonds is 4. The molecule has 7 heteroatoms. The minimum absolute atomic E-state index is 0.0507. The lowest BCUT2D eigenvalue weighted by atomic mass is 9.97. The van der Waals surface area contributed by atoms with Crippen LogP contribution in [0.2, 0.25) is 0 Å². The van der Waals surface area contributed by atoms with E-state index in [2.05, 4.69) is 27.8 Å². The fraction of sp³-hybridized carbons (Fsp3) is 0.739. The maximum absolute atomic E-state index is 12.0. The van der Waals surface area contributed by atoms with Gasteiger partial charge in [0.25, 0.3) is 0 Å². The van der Waals surface area contributed by atoms with Crippen LogP contribution in [0.1, 0.15) is 50.5 Å². The van der Waals surface area contributed by atoms with Gasteiger partial charge in [0.1, 0.15) is 12.4 Å². The Bertz CT molecular complexity index is 796. The minimum Gasteiger partial charge on any atom is -0.492 e. The molecule has 2 fully saturated rings. The van der Waals surface area contributed by atoms with Crippen LogP contribution in [0.25, 0.3) is 0 Å². The van der Waals surface area contributed by atoms with Crippen molar-refractivity contribution < 1.29 is 17.9 Å². The van der Waals surface area contributed by atoms with Gasteiger partial charge in [0.2, 0.25) is 10.0 Å². The first kappa shape index (κ1) is 22.1. The van der Waals surface area contributed by atoms with Gasteiger partial charge in [-0.05, 0) is 62.6 Å². The fourth-order valence-electron chi connectivity index (χ4n) is 4.91. The number of ether oxygens (including phenoxy) is 2. The SMILES string of the molecule is CS(=O)(=O)NC1CCCN2CCOc3ccccc3CCC[C@@H](CC3CC3)OC[C@@H]12. The first-order chi connectivity index (χ1) is 14.5. The predicted octanol–water partition coefficient (Wildman–Crippen LogP) is 2.97. The van der Waals surface area contributed by atoms with Crippen molar-refractivity contribution in [1.82, 2.24) is 9.62 Å². The topological polar surface area (TPSA) is 67.9 Å². The second-order valence-electron chi connectivity index (χ2n) is 9.22. The van der Waals surface area contributed by atoms with E-state index in [9.17, 15) is 8.42 Å². The standard InChI is InChI=1S/C23H36N2O4S/c1-30(26,27)24-21-9-5-13-25-14-15-28-23-10-3-2-6-19(23)7-4-8-20(16-18-11-12-18)29-17-22(21)25/h2-3,6,10,18,20-22,24H,4-5,7-9,11-17H2,1H3/t20-,21?,22-/m0/s1. The second kappa shape index (κ2) is 9.98.